The number of fused-ring (bicyclic) bond motifs is 3. The van der Waals surface area contributed by atoms with Crippen molar-refractivity contribution in [3.63, 3.8) is 0 Å². The summed E-state index contributed by atoms with van der Waals surface area (Å²) in [6.45, 7) is 3.57. The lowest BCUT2D eigenvalue weighted by Gasteiger charge is -2.38. The normalized spacial score (nSPS) is 30.0. The molecule has 6 heterocycles. The van der Waals surface area contributed by atoms with Gasteiger partial charge in [0.1, 0.15) is 29.8 Å². The van der Waals surface area contributed by atoms with Gasteiger partial charge in [-0.25, -0.2) is 8.78 Å². The van der Waals surface area contributed by atoms with Crippen molar-refractivity contribution >= 4 is 39.2 Å². The number of nitrogens with one attached hydrogen (secondary N) is 1. The van der Waals surface area contributed by atoms with Crippen LogP contribution in [0, 0.1) is 11.7 Å². The van der Waals surface area contributed by atoms with Crippen LogP contribution in [0.5, 0.6) is 6.01 Å². The molecule has 4 fully saturated rings. The van der Waals surface area contributed by atoms with Crippen molar-refractivity contribution < 1.29 is 23.0 Å². The fraction of sp³-hybridized carbons (Fsp3) is 0.562. The van der Waals surface area contributed by atoms with Crippen LogP contribution in [-0.4, -0.2) is 91.9 Å². The van der Waals surface area contributed by atoms with Crippen LogP contribution in [0.25, 0.3) is 33.1 Å². The van der Waals surface area contributed by atoms with Gasteiger partial charge < -0.3 is 14.7 Å². The molecular weight excluding hydrogens is 607 g/mol. The molecule has 3 aliphatic heterocycles. The van der Waals surface area contributed by atoms with E-state index in [2.05, 4.69) is 25.1 Å². The van der Waals surface area contributed by atoms with Crippen molar-refractivity contribution in [2.24, 2.45) is 5.92 Å². The lowest BCUT2D eigenvalue weighted by molar-refractivity contribution is 0.0447. The Morgan fingerprint density at radius 3 is 2.82 bits per heavy atom. The number of aliphatic hydroxyl groups is 1. The Morgan fingerprint density at radius 2 is 2.02 bits per heavy atom. The molecule has 238 valence electrons. The molecule has 1 aromatic carbocycles. The summed E-state index contributed by atoms with van der Waals surface area (Å²) in [4.78, 5) is 18.0. The molecule has 2 N–H and O–H groups in total. The summed E-state index contributed by atoms with van der Waals surface area (Å²) in [7, 11) is 0. The number of aromatic amines is 1. The molecule has 0 unspecified atom stereocenters. The first kappa shape index (κ1) is 29.2. The van der Waals surface area contributed by atoms with Gasteiger partial charge in [0, 0.05) is 48.2 Å². The molecule has 0 amide bonds. The van der Waals surface area contributed by atoms with E-state index in [1.807, 2.05) is 4.90 Å². The van der Waals surface area contributed by atoms with Gasteiger partial charge in [-0.3, -0.25) is 19.4 Å². The summed E-state index contributed by atoms with van der Waals surface area (Å²) in [5, 5.41) is 19.4. The number of H-pyrrole nitrogens is 1. The SMILES string of the molecule is C[C@@]1(O)CCCN(c2nc(OC[C@@]34CCCN3C[C@H](F)C4)nc3c(F)c(-c4c([C@@H]5C[C@@H]5CF)c(Cl)cc5[nH]ncc45)ncc23)C1. The van der Waals surface area contributed by atoms with Crippen LogP contribution in [-0.2, 0) is 0 Å². The number of piperidine rings is 1. The summed E-state index contributed by atoms with van der Waals surface area (Å²) in [5.41, 5.74) is 0.397. The maximum absolute atomic E-state index is 17.0. The third-order valence-electron chi connectivity index (χ3n) is 10.3. The molecule has 9 nitrogen and oxygen atoms in total. The van der Waals surface area contributed by atoms with E-state index in [1.54, 1.807) is 25.4 Å². The largest absolute Gasteiger partial charge is 0.461 e. The summed E-state index contributed by atoms with van der Waals surface area (Å²) in [6.07, 6.45) is 6.35. The molecule has 0 radical (unpaired) electrons. The minimum absolute atomic E-state index is 0.0123. The number of hydrogen-bond acceptors (Lipinski definition) is 8. The Hall–Kier alpha value is -3.22. The van der Waals surface area contributed by atoms with E-state index in [0.29, 0.717) is 77.2 Å². The first-order valence-corrected chi connectivity index (χ1v) is 16.1. The average molecular weight is 642 g/mol. The van der Waals surface area contributed by atoms with E-state index in [-0.39, 0.29) is 35.7 Å². The van der Waals surface area contributed by atoms with Crippen molar-refractivity contribution in [3.8, 4) is 17.3 Å². The predicted molar refractivity (Wildman–Crippen MR) is 165 cm³/mol. The Morgan fingerprint density at radius 1 is 1.18 bits per heavy atom. The first-order chi connectivity index (χ1) is 21.7. The van der Waals surface area contributed by atoms with E-state index in [0.717, 1.165) is 25.8 Å². The molecule has 5 atom stereocenters. The standard InChI is InChI=1S/C32H35ClF3N7O2/c1-31(44)4-2-6-42(15-31)29-21-12-37-28(25-20-13-38-41-23(20)9-22(33)24(25)19-8-17(19)11-34)26(36)27(21)39-30(40-29)45-16-32-5-3-7-43(32)14-18(35)10-32/h9,12-13,17-19,44H,2-8,10-11,14-16H2,1H3,(H,38,41)/t17-,18-,19-,31-,32+/m1/s1. The van der Waals surface area contributed by atoms with Crippen LogP contribution in [0.2, 0.25) is 5.02 Å². The van der Waals surface area contributed by atoms with Gasteiger partial charge in [-0.15, -0.1) is 0 Å². The lowest BCUT2D eigenvalue weighted by Crippen LogP contribution is -2.46. The highest BCUT2D eigenvalue weighted by atomic mass is 35.5. The third-order valence-corrected chi connectivity index (χ3v) is 10.6. The zero-order chi connectivity index (χ0) is 31.1. The Bertz CT molecular complexity index is 1800. The number of aromatic nitrogens is 5. The van der Waals surface area contributed by atoms with E-state index in [9.17, 15) is 13.9 Å². The number of rotatable bonds is 7. The lowest BCUT2D eigenvalue weighted by atomic mass is 9.94. The number of benzene rings is 1. The van der Waals surface area contributed by atoms with Crippen molar-refractivity contribution in [1.29, 1.82) is 0 Å². The van der Waals surface area contributed by atoms with Gasteiger partial charge in [0.05, 0.1) is 34.9 Å². The highest BCUT2D eigenvalue weighted by Crippen LogP contribution is 2.54. The van der Waals surface area contributed by atoms with Gasteiger partial charge >= 0.3 is 6.01 Å². The van der Waals surface area contributed by atoms with Gasteiger partial charge in [-0.2, -0.15) is 15.1 Å². The number of halogens is 4. The third kappa shape index (κ3) is 4.91. The van der Waals surface area contributed by atoms with Crippen LogP contribution < -0.4 is 9.64 Å². The average Bonchev–Trinajstić information content (AvgIpc) is 3.26. The van der Waals surface area contributed by atoms with Gasteiger partial charge in [-0.05, 0) is 69.0 Å². The Labute approximate surface area is 263 Å². The van der Waals surface area contributed by atoms with Gasteiger partial charge in [0.15, 0.2) is 5.82 Å². The van der Waals surface area contributed by atoms with Crippen LogP contribution in [0.4, 0.5) is 19.0 Å². The molecule has 0 bridgehead atoms. The van der Waals surface area contributed by atoms with Crippen LogP contribution in [0.3, 0.4) is 0 Å². The maximum atomic E-state index is 17.0. The van der Waals surface area contributed by atoms with E-state index in [4.69, 9.17) is 21.3 Å². The monoisotopic (exact) mass is 641 g/mol. The van der Waals surface area contributed by atoms with Gasteiger partial charge in [0.2, 0.25) is 0 Å². The summed E-state index contributed by atoms with van der Waals surface area (Å²) in [6, 6.07) is 1.72. The van der Waals surface area contributed by atoms with Crippen LogP contribution >= 0.6 is 11.6 Å². The molecule has 0 spiro atoms. The smallest absolute Gasteiger partial charge is 0.319 e. The summed E-state index contributed by atoms with van der Waals surface area (Å²) >= 11 is 6.75. The number of hydrogen-bond donors (Lipinski definition) is 2. The van der Waals surface area contributed by atoms with Crippen LogP contribution in [0.1, 0.15) is 56.9 Å². The molecule has 13 heteroatoms. The molecule has 4 aromatic rings. The molecule has 3 saturated heterocycles. The van der Waals surface area contributed by atoms with E-state index >= 15 is 4.39 Å². The van der Waals surface area contributed by atoms with Crippen molar-refractivity contribution in [2.45, 2.75) is 68.7 Å². The van der Waals surface area contributed by atoms with Crippen LogP contribution in [0.15, 0.2) is 18.5 Å². The molecule has 1 aliphatic carbocycles. The number of alkyl halides is 2. The number of β-amino-alcohol motifs (C(OH)–C–C–N with tert-alkyl or cyclic N) is 1. The topological polar surface area (TPSA) is 103 Å². The maximum Gasteiger partial charge on any atom is 0.319 e. The quantitative estimate of drug-likeness (QED) is 0.263. The zero-order valence-corrected chi connectivity index (χ0v) is 25.8. The van der Waals surface area contributed by atoms with Crippen molar-refractivity contribution in [1.82, 2.24) is 30.0 Å². The highest BCUT2D eigenvalue weighted by Gasteiger charge is 2.49. The van der Waals surface area contributed by atoms with Crippen molar-refractivity contribution in [2.75, 3.05) is 44.4 Å². The second-order valence-corrected chi connectivity index (χ2v) is 14.0. The number of ether oxygens (including phenoxy) is 1. The van der Waals surface area contributed by atoms with E-state index < -0.39 is 29.8 Å². The minimum atomic E-state index is -0.953. The highest BCUT2D eigenvalue weighted by molar-refractivity contribution is 6.33. The van der Waals surface area contributed by atoms with Gasteiger partial charge in [-0.1, -0.05) is 11.6 Å². The number of anilines is 1. The zero-order valence-electron chi connectivity index (χ0n) is 25.0. The van der Waals surface area contributed by atoms with E-state index in [1.165, 1.54) is 0 Å². The molecule has 4 aliphatic rings. The minimum Gasteiger partial charge on any atom is -0.461 e. The summed E-state index contributed by atoms with van der Waals surface area (Å²) < 4.78 is 51.4. The molecule has 8 rings (SSSR count). The fourth-order valence-electron chi connectivity index (χ4n) is 8.01. The predicted octanol–water partition coefficient (Wildman–Crippen LogP) is 5.74. The first-order valence-electron chi connectivity index (χ1n) is 15.7. The molecular formula is C32H35ClF3N7O2. The second-order valence-electron chi connectivity index (χ2n) is 13.6. The second kappa shape index (κ2) is 10.7. The fourth-order valence-corrected chi connectivity index (χ4v) is 8.36. The van der Waals surface area contributed by atoms with Gasteiger partial charge in [0.25, 0.3) is 0 Å². The van der Waals surface area contributed by atoms with Crippen molar-refractivity contribution in [3.05, 3.63) is 34.9 Å². The number of nitrogens with zero attached hydrogens (tertiary/aromatic N) is 6. The molecule has 1 saturated carbocycles. The molecule has 3 aromatic heterocycles. The Kier molecular flexibility index (Phi) is 6.92. The summed E-state index contributed by atoms with van der Waals surface area (Å²) in [5.74, 6) is -0.617. The molecule has 45 heavy (non-hydrogen) atoms. The Balaban J connectivity index is 1.27. The number of pyridine rings is 1.